The molecule has 11 nitrogen and oxygen atoms in total. The third-order valence-electron chi connectivity index (χ3n) is 5.58. The molecule has 39 heavy (non-hydrogen) atoms. The predicted molar refractivity (Wildman–Crippen MR) is 146 cm³/mol. The van der Waals surface area contributed by atoms with Crippen LogP contribution in [0.25, 0.3) is 10.2 Å². The number of sulfonamides is 1. The Morgan fingerprint density at radius 1 is 0.974 bits per heavy atom. The number of carbonyl (C=O) groups excluding carboxylic acids is 2. The van der Waals surface area contributed by atoms with Crippen molar-refractivity contribution in [2.45, 2.75) is 25.3 Å². The maximum atomic E-state index is 13.1. The van der Waals surface area contributed by atoms with Gasteiger partial charge in [0, 0.05) is 32.9 Å². The van der Waals surface area contributed by atoms with E-state index in [0.717, 1.165) is 4.70 Å². The topological polar surface area (TPSA) is 126 Å². The molecule has 0 fully saturated rings. The first kappa shape index (κ1) is 30.4. The van der Waals surface area contributed by atoms with Gasteiger partial charge in [-0.15, -0.1) is 0 Å². The molecule has 0 bridgehead atoms. The largest absolute Gasteiger partial charge is 0.494 e. The Kier molecular flexibility index (Phi) is 11.2. The van der Waals surface area contributed by atoms with Crippen molar-refractivity contribution in [3.05, 3.63) is 52.8 Å². The highest BCUT2D eigenvalue weighted by Gasteiger charge is 2.24. The van der Waals surface area contributed by atoms with Gasteiger partial charge >= 0.3 is 5.97 Å². The molecule has 0 unspecified atom stereocenters. The molecule has 2 aromatic carbocycles. The fourth-order valence-electron chi connectivity index (χ4n) is 3.69. The van der Waals surface area contributed by atoms with Crippen molar-refractivity contribution in [2.75, 3.05) is 53.7 Å². The van der Waals surface area contributed by atoms with E-state index in [0.29, 0.717) is 22.7 Å². The lowest BCUT2D eigenvalue weighted by Gasteiger charge is -2.21. The minimum absolute atomic E-state index is 0.0361. The number of nitrogens with zero attached hydrogens (tertiary/aromatic N) is 3. The minimum Gasteiger partial charge on any atom is -0.494 e. The summed E-state index contributed by atoms with van der Waals surface area (Å²) in [5.41, 5.74) is 0.904. The number of esters is 1. The van der Waals surface area contributed by atoms with Crippen LogP contribution in [0.2, 0.25) is 0 Å². The monoisotopic (exact) mass is 579 g/mol. The minimum atomic E-state index is -3.83. The molecule has 1 amide bonds. The van der Waals surface area contributed by atoms with Crippen molar-refractivity contribution in [1.29, 1.82) is 0 Å². The first-order valence-corrected chi connectivity index (χ1v) is 14.6. The molecule has 0 saturated heterocycles. The molecule has 13 heteroatoms. The molecule has 3 aromatic rings. The van der Waals surface area contributed by atoms with Crippen LogP contribution >= 0.6 is 11.3 Å². The second kappa shape index (κ2) is 14.3. The third kappa shape index (κ3) is 7.73. The lowest BCUT2D eigenvalue weighted by Crippen LogP contribution is -2.36. The van der Waals surface area contributed by atoms with Gasteiger partial charge in [-0.05, 0) is 56.3 Å². The van der Waals surface area contributed by atoms with Crippen LogP contribution in [0.5, 0.6) is 5.75 Å². The van der Waals surface area contributed by atoms with Crippen molar-refractivity contribution in [2.24, 2.45) is 4.99 Å². The Hall–Kier alpha value is -3.10. The van der Waals surface area contributed by atoms with Crippen LogP contribution in [0.3, 0.4) is 0 Å². The second-order valence-corrected chi connectivity index (χ2v) is 11.1. The third-order valence-corrected chi connectivity index (χ3v) is 8.54. The van der Waals surface area contributed by atoms with E-state index in [1.54, 1.807) is 23.6 Å². The number of carbonyl (C=O) groups is 2. The van der Waals surface area contributed by atoms with Crippen LogP contribution in [0.15, 0.2) is 52.4 Å². The van der Waals surface area contributed by atoms with Gasteiger partial charge in [0.05, 0.1) is 41.5 Å². The Morgan fingerprint density at radius 2 is 1.64 bits per heavy atom. The Labute approximate surface area is 231 Å². The summed E-state index contributed by atoms with van der Waals surface area (Å²) in [7, 11) is -0.841. The zero-order valence-electron chi connectivity index (χ0n) is 22.4. The summed E-state index contributed by atoms with van der Waals surface area (Å²) in [6.45, 7) is 4.98. The molecule has 0 saturated carbocycles. The Balaban J connectivity index is 1.95. The first-order chi connectivity index (χ1) is 18.7. The van der Waals surface area contributed by atoms with Crippen molar-refractivity contribution in [1.82, 2.24) is 8.87 Å². The van der Waals surface area contributed by atoms with Crippen LogP contribution in [0.1, 0.15) is 24.2 Å². The van der Waals surface area contributed by atoms with Crippen LogP contribution in [-0.4, -0.2) is 82.9 Å². The van der Waals surface area contributed by atoms with Gasteiger partial charge in [-0.3, -0.25) is 9.59 Å². The SMILES string of the molecule is CCOC(=O)Cn1c(=NC(=O)c2ccc(S(=O)(=O)N(CCOC)CCOC)cc2)sc2cc(OCC)ccc21. The molecule has 0 spiro atoms. The Bertz CT molecular complexity index is 1440. The average molecular weight is 580 g/mol. The molecule has 0 aliphatic rings. The van der Waals surface area contributed by atoms with Gasteiger partial charge in [-0.1, -0.05) is 11.3 Å². The number of fused-ring (bicyclic) bond motifs is 1. The number of benzene rings is 2. The van der Waals surface area contributed by atoms with Crippen molar-refractivity contribution >= 4 is 43.5 Å². The number of thiazole rings is 1. The number of rotatable bonds is 14. The van der Waals surface area contributed by atoms with E-state index >= 15 is 0 Å². The summed E-state index contributed by atoms with van der Waals surface area (Å²) in [4.78, 5) is 30.0. The summed E-state index contributed by atoms with van der Waals surface area (Å²) in [5.74, 6) is -0.376. The fraction of sp³-hybridized carbons (Fsp3) is 0.423. The van der Waals surface area contributed by atoms with Gasteiger partial charge < -0.3 is 23.5 Å². The van der Waals surface area contributed by atoms with E-state index in [1.807, 2.05) is 13.0 Å². The van der Waals surface area contributed by atoms with Gasteiger partial charge in [0.2, 0.25) is 10.0 Å². The van der Waals surface area contributed by atoms with Crippen molar-refractivity contribution in [3.63, 3.8) is 0 Å². The van der Waals surface area contributed by atoms with E-state index < -0.39 is 21.9 Å². The molecule has 1 heterocycles. The quantitative estimate of drug-likeness (QED) is 0.267. The predicted octanol–water partition coefficient (Wildman–Crippen LogP) is 2.69. The molecule has 1 aromatic heterocycles. The molecule has 0 N–H and O–H groups in total. The maximum absolute atomic E-state index is 13.1. The molecular weight excluding hydrogens is 546 g/mol. The van der Waals surface area contributed by atoms with Crippen LogP contribution in [0.4, 0.5) is 0 Å². The van der Waals surface area contributed by atoms with E-state index in [-0.39, 0.29) is 49.9 Å². The fourth-order valence-corrected chi connectivity index (χ4v) is 6.16. The van der Waals surface area contributed by atoms with Crippen LogP contribution < -0.4 is 9.54 Å². The first-order valence-electron chi connectivity index (χ1n) is 12.3. The standard InChI is InChI=1S/C26H33N3O8S2/c1-5-36-20-9-12-22-23(17-20)38-26(29(22)18-24(30)37-6-2)27-25(31)19-7-10-21(11-8-19)39(32,33)28(13-15-34-3)14-16-35-4/h7-12,17H,5-6,13-16,18H2,1-4H3. The number of aromatic nitrogens is 1. The highest BCUT2D eigenvalue weighted by molar-refractivity contribution is 7.89. The number of hydrogen-bond donors (Lipinski definition) is 0. The van der Waals surface area contributed by atoms with Gasteiger partial charge in [0.1, 0.15) is 12.3 Å². The average Bonchev–Trinajstić information content (AvgIpc) is 3.24. The molecular formula is C26H33N3O8S2. The summed E-state index contributed by atoms with van der Waals surface area (Å²) >= 11 is 1.23. The lowest BCUT2D eigenvalue weighted by atomic mass is 10.2. The highest BCUT2D eigenvalue weighted by Crippen LogP contribution is 2.24. The molecule has 0 aliphatic heterocycles. The number of amides is 1. The summed E-state index contributed by atoms with van der Waals surface area (Å²) < 4.78 is 50.7. The maximum Gasteiger partial charge on any atom is 0.326 e. The number of hydrogen-bond acceptors (Lipinski definition) is 9. The van der Waals surface area contributed by atoms with E-state index in [2.05, 4.69) is 4.99 Å². The smallest absolute Gasteiger partial charge is 0.326 e. The summed E-state index contributed by atoms with van der Waals surface area (Å²) in [6, 6.07) is 11.0. The lowest BCUT2D eigenvalue weighted by molar-refractivity contribution is -0.143. The summed E-state index contributed by atoms with van der Waals surface area (Å²) in [5, 5.41) is 0. The van der Waals surface area contributed by atoms with Gasteiger partial charge in [-0.2, -0.15) is 9.30 Å². The highest BCUT2D eigenvalue weighted by atomic mass is 32.2. The zero-order chi connectivity index (χ0) is 28.4. The van der Waals surface area contributed by atoms with Gasteiger partial charge in [0.15, 0.2) is 4.80 Å². The van der Waals surface area contributed by atoms with Crippen LogP contribution in [0, 0.1) is 0 Å². The normalized spacial score (nSPS) is 12.3. The number of methoxy groups -OCH3 is 2. The zero-order valence-corrected chi connectivity index (χ0v) is 24.0. The van der Waals surface area contributed by atoms with Gasteiger partial charge in [-0.25, -0.2) is 8.42 Å². The van der Waals surface area contributed by atoms with E-state index in [4.69, 9.17) is 18.9 Å². The van der Waals surface area contributed by atoms with Crippen molar-refractivity contribution < 1.29 is 37.0 Å². The second-order valence-electron chi connectivity index (χ2n) is 8.17. The Morgan fingerprint density at radius 3 is 2.23 bits per heavy atom. The van der Waals surface area contributed by atoms with E-state index in [1.165, 1.54) is 54.1 Å². The van der Waals surface area contributed by atoms with Crippen molar-refractivity contribution in [3.8, 4) is 5.75 Å². The summed E-state index contributed by atoms with van der Waals surface area (Å²) in [6.07, 6.45) is 0. The van der Waals surface area contributed by atoms with Gasteiger partial charge in [0.25, 0.3) is 5.91 Å². The van der Waals surface area contributed by atoms with E-state index in [9.17, 15) is 18.0 Å². The molecule has 0 atom stereocenters. The van der Waals surface area contributed by atoms with Crippen LogP contribution in [-0.2, 0) is 35.6 Å². The molecule has 0 aliphatic carbocycles. The molecule has 212 valence electrons. The molecule has 0 radical (unpaired) electrons. The molecule has 3 rings (SSSR count). The number of ether oxygens (including phenoxy) is 4.